The largest absolute Gasteiger partial charge is 0.462 e. The molecule has 2 rings (SSSR count). The summed E-state index contributed by atoms with van der Waals surface area (Å²) in [6.45, 7) is 4.14. The normalized spacial score (nSPS) is 14.7. The number of hydrogen-bond donors (Lipinski definition) is 0. The molecule has 1 atom stereocenters. The minimum Gasteiger partial charge on any atom is -0.462 e. The van der Waals surface area contributed by atoms with E-state index in [1.165, 1.54) is 11.3 Å². The monoisotopic (exact) mass is 339 g/mol. The number of esters is 1. The van der Waals surface area contributed by atoms with E-state index >= 15 is 0 Å². The minimum atomic E-state index is -0.519. The van der Waals surface area contributed by atoms with Gasteiger partial charge in [0.2, 0.25) is 0 Å². The first-order valence-corrected chi connectivity index (χ1v) is 9.89. The van der Waals surface area contributed by atoms with Crippen molar-refractivity contribution in [3.63, 3.8) is 0 Å². The number of fused-ring (bicyclic) bond motifs is 1. The van der Waals surface area contributed by atoms with E-state index in [2.05, 4.69) is 16.5 Å². The van der Waals surface area contributed by atoms with Gasteiger partial charge in [0, 0.05) is 12.0 Å². The van der Waals surface area contributed by atoms with Crippen molar-refractivity contribution in [2.75, 3.05) is 12.9 Å². The summed E-state index contributed by atoms with van der Waals surface area (Å²) in [5.74, 6) is -0.324. The zero-order valence-electron chi connectivity index (χ0n) is 13.2. The van der Waals surface area contributed by atoms with E-state index in [1.807, 2.05) is 20.1 Å². The molecule has 0 saturated carbocycles. The predicted molar refractivity (Wildman–Crippen MR) is 91.5 cm³/mol. The van der Waals surface area contributed by atoms with Crippen LogP contribution in [0.15, 0.2) is 14.6 Å². The van der Waals surface area contributed by atoms with Gasteiger partial charge in [0.1, 0.15) is 4.88 Å². The number of nitrogens with zero attached hydrogens (tertiary/aromatic N) is 1. The molecule has 22 heavy (non-hydrogen) atoms. The van der Waals surface area contributed by atoms with Crippen LogP contribution in [0.3, 0.4) is 0 Å². The van der Waals surface area contributed by atoms with Gasteiger partial charge in [-0.15, -0.1) is 11.3 Å². The highest BCUT2D eigenvalue weighted by Gasteiger charge is 2.24. The van der Waals surface area contributed by atoms with Crippen molar-refractivity contribution in [3.05, 3.63) is 22.1 Å². The SMILES string of the molecule is CCCC(=O)N=[S@@](C)c1sc(C(=O)OCC)c2c1C=CCC2. The second kappa shape index (κ2) is 7.83. The van der Waals surface area contributed by atoms with Gasteiger partial charge in [0.25, 0.3) is 5.91 Å². The number of thiophene rings is 1. The molecular weight excluding hydrogens is 318 g/mol. The molecule has 1 aromatic rings. The molecule has 0 N–H and O–H groups in total. The van der Waals surface area contributed by atoms with Crippen LogP contribution in [0.5, 0.6) is 0 Å². The second-order valence-corrected chi connectivity index (χ2v) is 7.81. The number of ether oxygens (including phenoxy) is 1. The maximum Gasteiger partial charge on any atom is 0.348 e. The Hall–Kier alpha value is -1.27. The summed E-state index contributed by atoms with van der Waals surface area (Å²) in [7, 11) is -0.519. The molecule has 0 saturated heterocycles. The van der Waals surface area contributed by atoms with E-state index in [9.17, 15) is 9.59 Å². The topological polar surface area (TPSA) is 55.7 Å². The Morgan fingerprint density at radius 1 is 1.41 bits per heavy atom. The third-order valence-corrected chi connectivity index (χ3v) is 6.52. The fraction of sp³-hybridized carbons (Fsp3) is 0.500. The first-order chi connectivity index (χ1) is 10.6. The summed E-state index contributed by atoms with van der Waals surface area (Å²) in [5.41, 5.74) is 2.12. The molecule has 0 unspecified atom stereocenters. The lowest BCUT2D eigenvalue weighted by molar-refractivity contribution is -0.117. The first kappa shape index (κ1) is 17.1. The highest BCUT2D eigenvalue weighted by Crippen LogP contribution is 2.36. The predicted octanol–water partition coefficient (Wildman–Crippen LogP) is 4.00. The van der Waals surface area contributed by atoms with E-state index in [4.69, 9.17) is 4.74 Å². The van der Waals surface area contributed by atoms with E-state index in [0.717, 1.165) is 34.6 Å². The molecule has 6 heteroatoms. The Morgan fingerprint density at radius 2 is 2.18 bits per heavy atom. The molecule has 0 spiro atoms. The van der Waals surface area contributed by atoms with Gasteiger partial charge < -0.3 is 4.74 Å². The Balaban J connectivity index is 2.42. The highest BCUT2D eigenvalue weighted by molar-refractivity contribution is 7.89. The van der Waals surface area contributed by atoms with Crippen LogP contribution in [0.1, 0.15) is 53.9 Å². The summed E-state index contributed by atoms with van der Waals surface area (Å²) in [5, 5.41) is 0. The van der Waals surface area contributed by atoms with Crippen LogP contribution in [-0.4, -0.2) is 24.7 Å². The summed E-state index contributed by atoms with van der Waals surface area (Å²) >= 11 is 1.43. The summed E-state index contributed by atoms with van der Waals surface area (Å²) < 4.78 is 10.4. The first-order valence-electron chi connectivity index (χ1n) is 7.48. The van der Waals surface area contributed by atoms with Crippen LogP contribution in [-0.2, 0) is 26.6 Å². The summed E-state index contributed by atoms with van der Waals surface area (Å²) in [6.07, 6.45) is 9.16. The van der Waals surface area contributed by atoms with Crippen molar-refractivity contribution in [2.24, 2.45) is 4.36 Å². The van der Waals surface area contributed by atoms with Gasteiger partial charge in [0.05, 0.1) is 10.8 Å². The quantitative estimate of drug-likeness (QED) is 0.762. The lowest BCUT2D eigenvalue weighted by Gasteiger charge is -2.08. The maximum atomic E-state index is 12.1. The van der Waals surface area contributed by atoms with Gasteiger partial charge in [-0.3, -0.25) is 4.79 Å². The molecule has 0 fully saturated rings. The Labute approximate surface area is 137 Å². The van der Waals surface area contributed by atoms with Crippen molar-refractivity contribution in [3.8, 4) is 0 Å². The number of hydrogen-bond acceptors (Lipinski definition) is 4. The lowest BCUT2D eigenvalue weighted by atomic mass is 10.00. The smallest absolute Gasteiger partial charge is 0.348 e. The van der Waals surface area contributed by atoms with Gasteiger partial charge >= 0.3 is 5.97 Å². The molecule has 0 aromatic carbocycles. The molecule has 1 aliphatic carbocycles. The molecule has 120 valence electrons. The van der Waals surface area contributed by atoms with Gasteiger partial charge in [-0.1, -0.05) is 29.8 Å². The van der Waals surface area contributed by atoms with E-state index in [1.54, 1.807) is 0 Å². The molecule has 1 aliphatic rings. The van der Waals surface area contributed by atoms with Crippen LogP contribution in [0, 0.1) is 0 Å². The fourth-order valence-corrected chi connectivity index (χ4v) is 5.13. The third kappa shape index (κ3) is 3.73. The molecule has 0 bridgehead atoms. The van der Waals surface area contributed by atoms with Gasteiger partial charge in [0.15, 0.2) is 0 Å². The number of amides is 1. The van der Waals surface area contributed by atoms with Crippen molar-refractivity contribution in [2.45, 2.75) is 43.7 Å². The maximum absolute atomic E-state index is 12.1. The molecule has 1 amide bonds. The molecule has 0 aliphatic heterocycles. The summed E-state index contributed by atoms with van der Waals surface area (Å²) in [6, 6.07) is 0. The number of carbonyl (C=O) groups excluding carboxylic acids is 2. The van der Waals surface area contributed by atoms with Crippen LogP contribution < -0.4 is 0 Å². The third-order valence-electron chi connectivity index (χ3n) is 3.29. The Kier molecular flexibility index (Phi) is 6.08. The van der Waals surface area contributed by atoms with E-state index in [-0.39, 0.29) is 11.9 Å². The zero-order chi connectivity index (χ0) is 16.1. The summed E-state index contributed by atoms with van der Waals surface area (Å²) in [4.78, 5) is 24.6. The molecule has 4 nitrogen and oxygen atoms in total. The number of allylic oxidation sites excluding steroid dienone is 1. The fourth-order valence-electron chi connectivity index (χ4n) is 2.34. The second-order valence-electron chi connectivity index (χ2n) is 4.99. The highest BCUT2D eigenvalue weighted by atomic mass is 32.2. The van der Waals surface area contributed by atoms with Crippen LogP contribution >= 0.6 is 11.3 Å². The Bertz CT molecular complexity index is 644. The molecule has 0 radical (unpaired) electrons. The zero-order valence-corrected chi connectivity index (χ0v) is 14.8. The minimum absolute atomic E-state index is 0.0621. The van der Waals surface area contributed by atoms with Crippen LogP contribution in [0.4, 0.5) is 0 Å². The number of rotatable bonds is 5. The number of carbonyl (C=O) groups is 2. The van der Waals surface area contributed by atoms with E-state index in [0.29, 0.717) is 17.9 Å². The van der Waals surface area contributed by atoms with Gasteiger partial charge in [-0.25, -0.2) is 4.79 Å². The average molecular weight is 339 g/mol. The molecule has 1 heterocycles. The molecular formula is C16H21NO3S2. The standard InChI is InChI=1S/C16H21NO3S2/c1-4-8-13(18)17-22(3)16-12-10-7-6-9-11(12)14(21-16)15(19)20-5-2/h7,10H,4-6,8-9H2,1-3H3/t22-/m0/s1. The van der Waals surface area contributed by atoms with Crippen molar-refractivity contribution in [1.29, 1.82) is 0 Å². The average Bonchev–Trinajstić information content (AvgIpc) is 2.87. The van der Waals surface area contributed by atoms with Crippen molar-refractivity contribution in [1.82, 2.24) is 0 Å². The Morgan fingerprint density at radius 3 is 2.86 bits per heavy atom. The van der Waals surface area contributed by atoms with Crippen molar-refractivity contribution < 1.29 is 14.3 Å². The van der Waals surface area contributed by atoms with Crippen LogP contribution in [0.2, 0.25) is 0 Å². The molecule has 1 aromatic heterocycles. The van der Waals surface area contributed by atoms with Crippen molar-refractivity contribution >= 4 is 40.0 Å². The van der Waals surface area contributed by atoms with Crippen LogP contribution in [0.25, 0.3) is 6.08 Å². The van der Waals surface area contributed by atoms with E-state index < -0.39 is 10.7 Å². The van der Waals surface area contributed by atoms with Gasteiger partial charge in [-0.2, -0.15) is 4.36 Å². The van der Waals surface area contributed by atoms with Gasteiger partial charge in [-0.05, 0) is 38.0 Å². The lowest BCUT2D eigenvalue weighted by Crippen LogP contribution is -2.06.